The molecule has 102 valence electrons. The standard InChI is InChI=1S/C17H17ClN2/c1-11-4-6-14(7-5-11)16-17(13(3)18)20-9-8-12(2)10-15(20)19-16/h4-10,13H,1-3H3. The predicted molar refractivity (Wildman–Crippen MR) is 84.4 cm³/mol. The summed E-state index contributed by atoms with van der Waals surface area (Å²) in [5, 5.41) is -0.0935. The lowest BCUT2D eigenvalue weighted by Crippen LogP contribution is -1.95. The van der Waals surface area contributed by atoms with Crippen LogP contribution < -0.4 is 0 Å². The number of pyridine rings is 1. The Kier molecular flexibility index (Phi) is 3.27. The van der Waals surface area contributed by atoms with Gasteiger partial charge in [0.15, 0.2) is 0 Å². The van der Waals surface area contributed by atoms with Gasteiger partial charge in [-0.2, -0.15) is 0 Å². The molecule has 0 saturated carbocycles. The van der Waals surface area contributed by atoms with E-state index in [4.69, 9.17) is 16.6 Å². The van der Waals surface area contributed by atoms with E-state index < -0.39 is 0 Å². The molecule has 3 aromatic rings. The summed E-state index contributed by atoms with van der Waals surface area (Å²) in [6, 6.07) is 12.6. The highest BCUT2D eigenvalue weighted by atomic mass is 35.5. The van der Waals surface area contributed by atoms with Crippen LogP contribution in [0.5, 0.6) is 0 Å². The maximum atomic E-state index is 6.39. The van der Waals surface area contributed by atoms with Crippen molar-refractivity contribution in [1.82, 2.24) is 9.38 Å². The van der Waals surface area contributed by atoms with Gasteiger partial charge in [0, 0.05) is 11.8 Å². The van der Waals surface area contributed by atoms with E-state index in [0.717, 1.165) is 22.6 Å². The first-order valence-corrected chi connectivity index (χ1v) is 7.19. The van der Waals surface area contributed by atoms with Crippen LogP contribution in [-0.4, -0.2) is 9.38 Å². The molecule has 0 amide bonds. The molecule has 0 aliphatic carbocycles. The van der Waals surface area contributed by atoms with Gasteiger partial charge in [0.05, 0.1) is 16.8 Å². The van der Waals surface area contributed by atoms with E-state index in [1.165, 1.54) is 11.1 Å². The number of benzene rings is 1. The fourth-order valence-corrected chi connectivity index (χ4v) is 2.68. The normalized spacial score (nSPS) is 12.8. The fraction of sp³-hybridized carbons (Fsp3) is 0.235. The van der Waals surface area contributed by atoms with Crippen LogP contribution in [0.2, 0.25) is 0 Å². The summed E-state index contributed by atoms with van der Waals surface area (Å²) in [6.07, 6.45) is 2.05. The average molecular weight is 285 g/mol. The Labute approximate surface area is 124 Å². The minimum Gasteiger partial charge on any atom is -0.302 e. The van der Waals surface area contributed by atoms with Gasteiger partial charge in [-0.3, -0.25) is 0 Å². The molecule has 0 aliphatic heterocycles. The SMILES string of the molecule is Cc1ccc(-c2nc3cc(C)ccn3c2C(C)Cl)cc1. The number of fused-ring (bicyclic) bond motifs is 1. The summed E-state index contributed by atoms with van der Waals surface area (Å²) in [7, 11) is 0. The lowest BCUT2D eigenvalue weighted by molar-refractivity contribution is 0.963. The summed E-state index contributed by atoms with van der Waals surface area (Å²) < 4.78 is 2.08. The molecule has 1 atom stereocenters. The van der Waals surface area contributed by atoms with Gasteiger partial charge >= 0.3 is 0 Å². The smallest absolute Gasteiger partial charge is 0.137 e. The van der Waals surface area contributed by atoms with Crippen molar-refractivity contribution in [3.8, 4) is 11.3 Å². The Morgan fingerprint density at radius 2 is 1.75 bits per heavy atom. The molecular formula is C17H17ClN2. The molecule has 2 aromatic heterocycles. The third-order valence-corrected chi connectivity index (χ3v) is 3.73. The second-order valence-corrected chi connectivity index (χ2v) is 5.91. The molecule has 0 spiro atoms. The molecule has 0 radical (unpaired) electrons. The number of imidazole rings is 1. The lowest BCUT2D eigenvalue weighted by atomic mass is 10.1. The van der Waals surface area contributed by atoms with Crippen LogP contribution in [0.15, 0.2) is 42.6 Å². The minimum atomic E-state index is -0.0935. The van der Waals surface area contributed by atoms with Gasteiger partial charge < -0.3 is 4.40 Å². The van der Waals surface area contributed by atoms with Crippen LogP contribution in [0.25, 0.3) is 16.9 Å². The molecule has 3 rings (SSSR count). The number of aryl methyl sites for hydroxylation is 2. The van der Waals surface area contributed by atoms with Crippen LogP contribution in [0, 0.1) is 13.8 Å². The number of hydrogen-bond donors (Lipinski definition) is 0. The Hall–Kier alpha value is -1.80. The number of aromatic nitrogens is 2. The van der Waals surface area contributed by atoms with Gasteiger partial charge in [-0.1, -0.05) is 29.8 Å². The molecule has 0 bridgehead atoms. The molecule has 20 heavy (non-hydrogen) atoms. The van der Waals surface area contributed by atoms with Crippen molar-refractivity contribution in [3.05, 3.63) is 59.4 Å². The highest BCUT2D eigenvalue weighted by Gasteiger charge is 2.17. The van der Waals surface area contributed by atoms with Crippen LogP contribution in [0.3, 0.4) is 0 Å². The van der Waals surface area contributed by atoms with E-state index in [9.17, 15) is 0 Å². The summed E-state index contributed by atoms with van der Waals surface area (Å²) in [4.78, 5) is 4.77. The first kappa shape index (κ1) is 13.2. The molecule has 0 N–H and O–H groups in total. The van der Waals surface area contributed by atoms with Crippen molar-refractivity contribution in [2.45, 2.75) is 26.1 Å². The zero-order valence-corrected chi connectivity index (χ0v) is 12.6. The molecule has 0 fully saturated rings. The summed E-state index contributed by atoms with van der Waals surface area (Å²) in [5.41, 5.74) is 6.52. The van der Waals surface area contributed by atoms with E-state index in [2.05, 4.69) is 54.6 Å². The third-order valence-electron chi connectivity index (χ3n) is 3.52. The van der Waals surface area contributed by atoms with E-state index in [1.807, 2.05) is 13.1 Å². The van der Waals surface area contributed by atoms with Crippen LogP contribution in [0.4, 0.5) is 0 Å². The highest BCUT2D eigenvalue weighted by Crippen LogP contribution is 2.32. The van der Waals surface area contributed by atoms with Crippen molar-refractivity contribution in [3.63, 3.8) is 0 Å². The van der Waals surface area contributed by atoms with Crippen molar-refractivity contribution >= 4 is 17.2 Å². The fourth-order valence-electron chi connectivity index (χ4n) is 2.47. The van der Waals surface area contributed by atoms with Gasteiger partial charge in [0.1, 0.15) is 5.65 Å². The van der Waals surface area contributed by atoms with Gasteiger partial charge in [-0.25, -0.2) is 4.98 Å². The van der Waals surface area contributed by atoms with Crippen molar-refractivity contribution < 1.29 is 0 Å². The number of hydrogen-bond acceptors (Lipinski definition) is 1. The molecular weight excluding hydrogens is 268 g/mol. The van der Waals surface area contributed by atoms with Gasteiger partial charge in [0.2, 0.25) is 0 Å². The van der Waals surface area contributed by atoms with Crippen LogP contribution >= 0.6 is 11.6 Å². The van der Waals surface area contributed by atoms with Gasteiger partial charge in [-0.05, 0) is 38.5 Å². The maximum absolute atomic E-state index is 6.39. The number of nitrogens with zero attached hydrogens (tertiary/aromatic N) is 2. The molecule has 0 saturated heterocycles. The van der Waals surface area contributed by atoms with E-state index in [0.29, 0.717) is 0 Å². The zero-order valence-electron chi connectivity index (χ0n) is 11.9. The zero-order chi connectivity index (χ0) is 14.3. The molecule has 3 heteroatoms. The molecule has 2 heterocycles. The molecule has 1 unspecified atom stereocenters. The summed E-state index contributed by atoms with van der Waals surface area (Å²) in [5.74, 6) is 0. The second kappa shape index (κ2) is 4.95. The minimum absolute atomic E-state index is 0.0935. The lowest BCUT2D eigenvalue weighted by Gasteiger charge is -2.07. The van der Waals surface area contributed by atoms with Gasteiger partial charge in [0.25, 0.3) is 0 Å². The van der Waals surface area contributed by atoms with Crippen molar-refractivity contribution in [2.75, 3.05) is 0 Å². The Morgan fingerprint density at radius 3 is 2.40 bits per heavy atom. The number of halogens is 1. The maximum Gasteiger partial charge on any atom is 0.137 e. The number of alkyl halides is 1. The summed E-state index contributed by atoms with van der Waals surface area (Å²) in [6.45, 7) is 6.15. The van der Waals surface area contributed by atoms with E-state index >= 15 is 0 Å². The average Bonchev–Trinajstić information content (AvgIpc) is 2.77. The first-order chi connectivity index (χ1) is 9.56. The van der Waals surface area contributed by atoms with Crippen LogP contribution in [0.1, 0.15) is 29.1 Å². The van der Waals surface area contributed by atoms with Crippen molar-refractivity contribution in [2.24, 2.45) is 0 Å². The van der Waals surface area contributed by atoms with E-state index in [-0.39, 0.29) is 5.38 Å². The largest absolute Gasteiger partial charge is 0.302 e. The monoisotopic (exact) mass is 284 g/mol. The van der Waals surface area contributed by atoms with Gasteiger partial charge in [-0.15, -0.1) is 11.6 Å². The number of rotatable bonds is 2. The first-order valence-electron chi connectivity index (χ1n) is 6.76. The molecule has 0 aliphatic rings. The Bertz CT molecular complexity index is 755. The topological polar surface area (TPSA) is 17.3 Å². The molecule has 2 nitrogen and oxygen atoms in total. The highest BCUT2D eigenvalue weighted by molar-refractivity contribution is 6.20. The third kappa shape index (κ3) is 2.20. The predicted octanol–water partition coefficient (Wildman–Crippen LogP) is 4.92. The Morgan fingerprint density at radius 1 is 1.05 bits per heavy atom. The molecule has 1 aromatic carbocycles. The Balaban J connectivity index is 2.28. The summed E-state index contributed by atoms with van der Waals surface area (Å²) >= 11 is 6.39. The van der Waals surface area contributed by atoms with Crippen LogP contribution in [-0.2, 0) is 0 Å². The van der Waals surface area contributed by atoms with E-state index in [1.54, 1.807) is 0 Å². The van der Waals surface area contributed by atoms with Crippen molar-refractivity contribution in [1.29, 1.82) is 0 Å². The second-order valence-electron chi connectivity index (χ2n) is 5.26. The quantitative estimate of drug-likeness (QED) is 0.611.